The van der Waals surface area contributed by atoms with Gasteiger partial charge in [-0.1, -0.05) is 18.2 Å². The summed E-state index contributed by atoms with van der Waals surface area (Å²) in [6, 6.07) is 8.10. The van der Waals surface area contributed by atoms with Crippen LogP contribution in [-0.2, 0) is 0 Å². The minimum Gasteiger partial charge on any atom is -0.354 e. The van der Waals surface area contributed by atoms with Gasteiger partial charge in [-0.25, -0.2) is 0 Å². The highest BCUT2D eigenvalue weighted by molar-refractivity contribution is 7.84. The number of para-hydroxylation sites is 1. The molecule has 1 atom stereocenters. The molecule has 1 unspecified atom stereocenters. The van der Waals surface area contributed by atoms with Gasteiger partial charge in [-0.2, -0.15) is 10.5 Å². The smallest absolute Gasteiger partial charge is 0.170 e. The molecule has 6 heteroatoms. The van der Waals surface area contributed by atoms with E-state index in [0.717, 1.165) is 17.3 Å². The summed E-state index contributed by atoms with van der Waals surface area (Å²) in [7, 11) is 0. The third kappa shape index (κ3) is 3.14. The summed E-state index contributed by atoms with van der Waals surface area (Å²) in [4.78, 5) is -0.662. The fourth-order valence-electron chi connectivity index (χ4n) is 1.77. The van der Waals surface area contributed by atoms with Gasteiger partial charge in [-0.05, 0) is 31.6 Å². The fourth-order valence-corrected chi connectivity index (χ4v) is 2.56. The zero-order valence-electron chi connectivity index (χ0n) is 10.4. The second-order valence-electron chi connectivity index (χ2n) is 4.20. The number of rotatable bonds is 3. The summed E-state index contributed by atoms with van der Waals surface area (Å²) in [6.07, 6.45) is 1.89. The van der Waals surface area contributed by atoms with E-state index in [1.165, 1.54) is 5.56 Å². The Morgan fingerprint density at radius 3 is 2.78 bits per heavy atom. The Hall–Kier alpha value is -0.820. The molecule has 1 aliphatic rings. The van der Waals surface area contributed by atoms with Gasteiger partial charge in [-0.3, -0.25) is 5.43 Å². The number of hydrogen-bond acceptors (Lipinski definition) is 6. The highest BCUT2D eigenvalue weighted by Crippen LogP contribution is 2.25. The number of hydrogen-bond donors (Lipinski definition) is 5. The monoisotopic (exact) mass is 282 g/mol. The number of aryl methyl sites for hydroxylation is 1. The van der Waals surface area contributed by atoms with Crippen LogP contribution in [0.15, 0.2) is 35.4 Å². The van der Waals surface area contributed by atoms with Gasteiger partial charge < -0.3 is 5.32 Å². The largest absolute Gasteiger partial charge is 0.354 e. The Morgan fingerprint density at radius 2 is 2.11 bits per heavy atom. The number of anilines is 1. The molecule has 1 aromatic rings. The molecule has 1 aliphatic heterocycles. The van der Waals surface area contributed by atoms with E-state index in [4.69, 9.17) is 0 Å². The molecule has 0 aromatic heterocycles. The minimum atomic E-state index is -0.662. The van der Waals surface area contributed by atoms with Gasteiger partial charge in [0, 0.05) is 12.2 Å². The van der Waals surface area contributed by atoms with Gasteiger partial charge >= 0.3 is 0 Å². The van der Waals surface area contributed by atoms with E-state index >= 15 is 0 Å². The van der Waals surface area contributed by atoms with E-state index in [1.54, 1.807) is 0 Å². The molecule has 2 rings (SSSR count). The van der Waals surface area contributed by atoms with Gasteiger partial charge in [-0.15, -0.1) is 25.3 Å². The standard InChI is InChI=1S/C12H18N4S2/c1-3-16-14-11(17)8-12(18,15-16)13-10-7-5-4-6-9(10)2/h4-8,13-15,17-18H,3H2,1-2H3. The van der Waals surface area contributed by atoms with Crippen molar-refractivity contribution in [2.45, 2.75) is 18.8 Å². The number of nitrogens with zero attached hydrogens (tertiary/aromatic N) is 1. The van der Waals surface area contributed by atoms with Crippen molar-refractivity contribution in [3.8, 4) is 0 Å². The predicted octanol–water partition coefficient (Wildman–Crippen LogP) is 2.11. The Morgan fingerprint density at radius 1 is 1.39 bits per heavy atom. The molecule has 98 valence electrons. The highest BCUT2D eigenvalue weighted by Gasteiger charge is 2.29. The predicted molar refractivity (Wildman–Crippen MR) is 82.2 cm³/mol. The van der Waals surface area contributed by atoms with Crippen LogP contribution in [-0.4, -0.2) is 16.7 Å². The van der Waals surface area contributed by atoms with E-state index in [-0.39, 0.29) is 0 Å². The van der Waals surface area contributed by atoms with Crippen molar-refractivity contribution in [3.63, 3.8) is 0 Å². The second kappa shape index (κ2) is 5.44. The van der Waals surface area contributed by atoms with E-state index in [1.807, 2.05) is 36.3 Å². The molecule has 0 spiro atoms. The average molecular weight is 282 g/mol. The molecular formula is C12H18N4S2. The molecule has 0 saturated heterocycles. The topological polar surface area (TPSA) is 39.3 Å². The number of hydrazine groups is 2. The maximum Gasteiger partial charge on any atom is 0.170 e. The van der Waals surface area contributed by atoms with Crippen LogP contribution in [0.25, 0.3) is 0 Å². The average Bonchev–Trinajstić information content (AvgIpc) is 2.30. The van der Waals surface area contributed by atoms with E-state index in [2.05, 4.69) is 54.4 Å². The molecule has 18 heavy (non-hydrogen) atoms. The number of nitrogens with one attached hydrogen (secondary N) is 3. The zero-order valence-corrected chi connectivity index (χ0v) is 12.2. The van der Waals surface area contributed by atoms with Crippen molar-refractivity contribution in [2.75, 3.05) is 11.9 Å². The Kier molecular flexibility index (Phi) is 4.11. The zero-order chi connectivity index (χ0) is 13.2. The first kappa shape index (κ1) is 13.6. The minimum absolute atomic E-state index is 0.662. The molecule has 4 nitrogen and oxygen atoms in total. The lowest BCUT2D eigenvalue weighted by Crippen LogP contribution is -2.62. The van der Waals surface area contributed by atoms with Gasteiger partial charge in [0.05, 0.1) is 5.03 Å². The van der Waals surface area contributed by atoms with Crippen LogP contribution in [0.1, 0.15) is 12.5 Å². The first-order valence-corrected chi connectivity index (χ1v) is 6.72. The summed E-state index contributed by atoms with van der Waals surface area (Å²) in [5, 5.41) is 5.96. The lowest BCUT2D eigenvalue weighted by atomic mass is 10.2. The van der Waals surface area contributed by atoms with Crippen LogP contribution in [0, 0.1) is 6.92 Å². The quantitative estimate of drug-likeness (QED) is 0.435. The Bertz CT molecular complexity index is 463. The molecule has 0 saturated carbocycles. The molecule has 3 N–H and O–H groups in total. The highest BCUT2D eigenvalue weighted by atomic mass is 32.1. The van der Waals surface area contributed by atoms with Crippen LogP contribution in [0.4, 0.5) is 5.69 Å². The molecule has 0 aliphatic carbocycles. The van der Waals surface area contributed by atoms with Crippen molar-refractivity contribution in [3.05, 3.63) is 40.9 Å². The fraction of sp³-hybridized carbons (Fsp3) is 0.333. The maximum atomic E-state index is 4.65. The van der Waals surface area contributed by atoms with Crippen LogP contribution in [0.3, 0.4) is 0 Å². The molecule has 0 radical (unpaired) electrons. The summed E-state index contributed by atoms with van der Waals surface area (Å²) < 4.78 is 0. The molecule has 1 heterocycles. The van der Waals surface area contributed by atoms with Gasteiger partial charge in [0.15, 0.2) is 4.99 Å². The van der Waals surface area contributed by atoms with Gasteiger partial charge in [0.2, 0.25) is 0 Å². The molecule has 0 amide bonds. The molecule has 1 aromatic carbocycles. The summed E-state index contributed by atoms with van der Waals surface area (Å²) in [5.74, 6) is 0. The van der Waals surface area contributed by atoms with E-state index in [9.17, 15) is 0 Å². The third-order valence-electron chi connectivity index (χ3n) is 2.69. The maximum absolute atomic E-state index is 4.65. The molecule has 0 fully saturated rings. The van der Waals surface area contributed by atoms with Crippen LogP contribution < -0.4 is 16.2 Å². The SMILES string of the molecule is CCN1NC(S)=CC(S)(Nc2ccccc2C)N1. The first-order chi connectivity index (χ1) is 8.52. The summed E-state index contributed by atoms with van der Waals surface area (Å²) in [6.45, 7) is 4.88. The first-order valence-electron chi connectivity index (χ1n) is 5.82. The summed E-state index contributed by atoms with van der Waals surface area (Å²) in [5.41, 5.74) is 8.52. The van der Waals surface area contributed by atoms with Crippen molar-refractivity contribution in [2.24, 2.45) is 0 Å². The van der Waals surface area contributed by atoms with Crippen LogP contribution in [0.2, 0.25) is 0 Å². The van der Waals surface area contributed by atoms with Crippen LogP contribution in [0.5, 0.6) is 0 Å². The lowest BCUT2D eigenvalue weighted by molar-refractivity contribution is 0.116. The lowest BCUT2D eigenvalue weighted by Gasteiger charge is -2.39. The number of benzene rings is 1. The second-order valence-corrected chi connectivity index (χ2v) is 5.39. The third-order valence-corrected chi connectivity index (χ3v) is 3.26. The Labute approximate surface area is 119 Å². The summed E-state index contributed by atoms with van der Waals surface area (Å²) >= 11 is 9.01. The van der Waals surface area contributed by atoms with E-state index in [0.29, 0.717) is 0 Å². The van der Waals surface area contributed by atoms with Gasteiger partial charge in [0.1, 0.15) is 0 Å². The van der Waals surface area contributed by atoms with Crippen molar-refractivity contribution < 1.29 is 0 Å². The molecule has 0 bridgehead atoms. The normalized spacial score (nSPS) is 24.3. The van der Waals surface area contributed by atoms with Crippen LogP contribution >= 0.6 is 25.3 Å². The number of thiol groups is 2. The van der Waals surface area contributed by atoms with Gasteiger partial charge in [0.25, 0.3) is 0 Å². The van der Waals surface area contributed by atoms with E-state index < -0.39 is 4.99 Å². The van der Waals surface area contributed by atoms with Crippen molar-refractivity contribution in [1.82, 2.24) is 16.0 Å². The Balaban J connectivity index is 2.21. The molecular weight excluding hydrogens is 264 g/mol. The van der Waals surface area contributed by atoms with Crippen molar-refractivity contribution >= 4 is 30.9 Å². The van der Waals surface area contributed by atoms with Crippen molar-refractivity contribution in [1.29, 1.82) is 0 Å².